The van der Waals surface area contributed by atoms with E-state index in [4.69, 9.17) is 5.73 Å². The average molecular weight is 215 g/mol. The minimum absolute atomic E-state index is 0.149. The van der Waals surface area contributed by atoms with Gasteiger partial charge in [-0.3, -0.25) is 5.10 Å². The van der Waals surface area contributed by atoms with Crippen LogP contribution in [-0.2, 0) is 5.54 Å². The Bertz CT molecular complexity index is 495. The quantitative estimate of drug-likeness (QED) is 0.768. The van der Waals surface area contributed by atoms with Crippen molar-refractivity contribution in [3.8, 4) is 0 Å². The number of fused-ring (bicyclic) bond motifs is 1. The van der Waals surface area contributed by atoms with E-state index < -0.39 is 0 Å². The van der Waals surface area contributed by atoms with E-state index in [0.29, 0.717) is 0 Å². The van der Waals surface area contributed by atoms with E-state index in [9.17, 15) is 0 Å². The Labute approximate surface area is 95.0 Å². The molecule has 0 atom stereocenters. The van der Waals surface area contributed by atoms with E-state index >= 15 is 0 Å². The van der Waals surface area contributed by atoms with Gasteiger partial charge >= 0.3 is 0 Å². The molecule has 0 radical (unpaired) electrons. The third-order valence-electron chi connectivity index (χ3n) is 3.76. The van der Waals surface area contributed by atoms with Gasteiger partial charge in [-0.2, -0.15) is 5.10 Å². The summed E-state index contributed by atoms with van der Waals surface area (Å²) in [5.41, 5.74) is 8.76. The molecule has 3 heteroatoms. The SMILES string of the molecule is NC1(c2cccc3cn[nH]c23)CCCCC1. The van der Waals surface area contributed by atoms with Crippen LogP contribution >= 0.6 is 0 Å². The fourth-order valence-corrected chi connectivity index (χ4v) is 2.84. The molecule has 3 rings (SSSR count). The number of rotatable bonds is 1. The molecule has 1 aromatic carbocycles. The number of H-pyrrole nitrogens is 1. The highest BCUT2D eigenvalue weighted by Gasteiger charge is 2.31. The molecule has 0 bridgehead atoms. The van der Waals surface area contributed by atoms with Crippen LogP contribution in [0.4, 0.5) is 0 Å². The van der Waals surface area contributed by atoms with Gasteiger partial charge in [-0.05, 0) is 18.4 Å². The second-order valence-corrected chi connectivity index (χ2v) is 4.86. The number of aromatic nitrogens is 2. The first-order valence-electron chi connectivity index (χ1n) is 6.01. The van der Waals surface area contributed by atoms with Crippen molar-refractivity contribution in [2.75, 3.05) is 0 Å². The molecular weight excluding hydrogens is 198 g/mol. The zero-order chi connectivity index (χ0) is 11.0. The van der Waals surface area contributed by atoms with E-state index in [1.807, 2.05) is 6.20 Å². The first-order valence-corrected chi connectivity index (χ1v) is 6.01. The van der Waals surface area contributed by atoms with Crippen LogP contribution in [0, 0.1) is 0 Å². The monoisotopic (exact) mass is 215 g/mol. The summed E-state index contributed by atoms with van der Waals surface area (Å²) in [5, 5.41) is 8.35. The van der Waals surface area contributed by atoms with Crippen LogP contribution in [-0.4, -0.2) is 10.2 Å². The molecule has 0 aliphatic heterocycles. The Balaban J connectivity index is 2.13. The molecule has 84 valence electrons. The molecule has 1 aromatic heterocycles. The second-order valence-electron chi connectivity index (χ2n) is 4.86. The summed E-state index contributed by atoms with van der Waals surface area (Å²) in [6.45, 7) is 0. The number of nitrogens with zero attached hydrogens (tertiary/aromatic N) is 1. The Kier molecular flexibility index (Phi) is 2.21. The van der Waals surface area contributed by atoms with Crippen molar-refractivity contribution in [2.24, 2.45) is 5.73 Å². The number of hydrogen-bond acceptors (Lipinski definition) is 2. The summed E-state index contributed by atoms with van der Waals surface area (Å²) in [6, 6.07) is 6.30. The Hall–Kier alpha value is -1.35. The molecule has 16 heavy (non-hydrogen) atoms. The molecule has 3 nitrogen and oxygen atoms in total. The molecule has 1 heterocycles. The van der Waals surface area contributed by atoms with Crippen LogP contribution < -0.4 is 5.73 Å². The van der Waals surface area contributed by atoms with Gasteiger partial charge in [-0.15, -0.1) is 0 Å². The number of benzene rings is 1. The molecule has 1 aliphatic carbocycles. The van der Waals surface area contributed by atoms with Gasteiger partial charge in [-0.25, -0.2) is 0 Å². The van der Waals surface area contributed by atoms with Crippen molar-refractivity contribution in [3.63, 3.8) is 0 Å². The van der Waals surface area contributed by atoms with E-state index in [1.165, 1.54) is 24.8 Å². The Morgan fingerprint density at radius 2 is 2.00 bits per heavy atom. The van der Waals surface area contributed by atoms with Crippen LogP contribution in [0.15, 0.2) is 24.4 Å². The van der Waals surface area contributed by atoms with Gasteiger partial charge < -0.3 is 5.73 Å². The first kappa shape index (κ1) is 9.85. The van der Waals surface area contributed by atoms with Gasteiger partial charge in [0.1, 0.15) is 0 Å². The van der Waals surface area contributed by atoms with E-state index in [1.54, 1.807) is 0 Å². The first-order chi connectivity index (χ1) is 7.80. The van der Waals surface area contributed by atoms with Crippen molar-refractivity contribution in [2.45, 2.75) is 37.6 Å². The molecule has 2 aromatic rings. The van der Waals surface area contributed by atoms with Gasteiger partial charge in [-0.1, -0.05) is 37.5 Å². The standard InChI is InChI=1S/C13H17N3/c14-13(7-2-1-3-8-13)11-6-4-5-10-9-15-16-12(10)11/h4-6,9H,1-3,7-8,14H2,(H,15,16). The molecule has 3 N–H and O–H groups in total. The molecule has 0 unspecified atom stereocenters. The molecule has 0 amide bonds. The minimum atomic E-state index is -0.149. The Morgan fingerprint density at radius 3 is 2.81 bits per heavy atom. The summed E-state index contributed by atoms with van der Waals surface area (Å²) in [4.78, 5) is 0. The number of aromatic amines is 1. The maximum absolute atomic E-state index is 6.56. The van der Waals surface area contributed by atoms with Gasteiger partial charge in [0.05, 0.1) is 11.7 Å². The number of hydrogen-bond donors (Lipinski definition) is 2. The van der Waals surface area contributed by atoms with Gasteiger partial charge in [0.15, 0.2) is 0 Å². The fraction of sp³-hybridized carbons (Fsp3) is 0.462. The molecule has 1 aliphatic rings. The molecule has 1 fully saturated rings. The zero-order valence-corrected chi connectivity index (χ0v) is 9.37. The molecule has 0 spiro atoms. The number of para-hydroxylation sites is 1. The molecular formula is C13H17N3. The van der Waals surface area contributed by atoms with Crippen LogP contribution in [0.25, 0.3) is 10.9 Å². The van der Waals surface area contributed by atoms with Crippen molar-refractivity contribution < 1.29 is 0 Å². The van der Waals surface area contributed by atoms with Gasteiger partial charge in [0, 0.05) is 10.9 Å². The second kappa shape index (κ2) is 3.59. The van der Waals surface area contributed by atoms with E-state index in [0.717, 1.165) is 23.7 Å². The molecule has 0 saturated heterocycles. The highest BCUT2D eigenvalue weighted by Crippen LogP contribution is 2.37. The fourth-order valence-electron chi connectivity index (χ4n) is 2.84. The lowest BCUT2D eigenvalue weighted by molar-refractivity contribution is 0.304. The summed E-state index contributed by atoms with van der Waals surface area (Å²) < 4.78 is 0. The summed E-state index contributed by atoms with van der Waals surface area (Å²) in [6.07, 6.45) is 7.83. The van der Waals surface area contributed by atoms with E-state index in [2.05, 4.69) is 28.4 Å². The highest BCUT2D eigenvalue weighted by atomic mass is 15.1. The zero-order valence-electron chi connectivity index (χ0n) is 9.37. The van der Waals surface area contributed by atoms with Crippen molar-refractivity contribution in [3.05, 3.63) is 30.0 Å². The topological polar surface area (TPSA) is 54.7 Å². The van der Waals surface area contributed by atoms with Crippen molar-refractivity contribution in [1.82, 2.24) is 10.2 Å². The van der Waals surface area contributed by atoms with Crippen molar-refractivity contribution >= 4 is 10.9 Å². The number of nitrogens with two attached hydrogens (primary N) is 1. The van der Waals surface area contributed by atoms with Gasteiger partial charge in [0.25, 0.3) is 0 Å². The predicted molar refractivity (Wildman–Crippen MR) is 65.0 cm³/mol. The smallest absolute Gasteiger partial charge is 0.0700 e. The lowest BCUT2D eigenvalue weighted by atomic mass is 9.77. The maximum atomic E-state index is 6.56. The molecule has 1 saturated carbocycles. The van der Waals surface area contributed by atoms with Crippen LogP contribution in [0.2, 0.25) is 0 Å². The predicted octanol–water partition coefficient (Wildman–Crippen LogP) is 2.68. The summed E-state index contributed by atoms with van der Waals surface area (Å²) in [7, 11) is 0. The highest BCUT2D eigenvalue weighted by molar-refractivity contribution is 5.82. The minimum Gasteiger partial charge on any atom is -0.321 e. The van der Waals surface area contributed by atoms with Crippen LogP contribution in [0.5, 0.6) is 0 Å². The van der Waals surface area contributed by atoms with Gasteiger partial charge in [0.2, 0.25) is 0 Å². The van der Waals surface area contributed by atoms with E-state index in [-0.39, 0.29) is 5.54 Å². The van der Waals surface area contributed by atoms with Crippen molar-refractivity contribution in [1.29, 1.82) is 0 Å². The van der Waals surface area contributed by atoms with Crippen LogP contribution in [0.3, 0.4) is 0 Å². The van der Waals surface area contributed by atoms with Crippen LogP contribution in [0.1, 0.15) is 37.7 Å². The maximum Gasteiger partial charge on any atom is 0.0700 e. The largest absolute Gasteiger partial charge is 0.321 e. The summed E-state index contributed by atoms with van der Waals surface area (Å²) >= 11 is 0. The Morgan fingerprint density at radius 1 is 1.19 bits per heavy atom. The lowest BCUT2D eigenvalue weighted by Crippen LogP contribution is -2.38. The third-order valence-corrected chi connectivity index (χ3v) is 3.76. The average Bonchev–Trinajstić information content (AvgIpc) is 2.77. The summed E-state index contributed by atoms with van der Waals surface area (Å²) in [5.74, 6) is 0. The third kappa shape index (κ3) is 1.43. The normalized spacial score (nSPS) is 20.1. The number of nitrogens with one attached hydrogen (secondary N) is 1. The lowest BCUT2D eigenvalue weighted by Gasteiger charge is -2.34.